The summed E-state index contributed by atoms with van der Waals surface area (Å²) in [4.78, 5) is 47.1. The lowest BCUT2D eigenvalue weighted by Crippen LogP contribution is -2.21. The first-order valence-corrected chi connectivity index (χ1v) is 9.60. The number of non-ortho nitro benzene ring substituents is 1. The van der Waals surface area contributed by atoms with E-state index in [0.717, 1.165) is 12.1 Å². The number of nitrogens with zero attached hydrogens (tertiary/aromatic N) is 2. The van der Waals surface area contributed by atoms with E-state index in [9.17, 15) is 29.8 Å². The summed E-state index contributed by atoms with van der Waals surface area (Å²) in [5.74, 6) is -1.12. The number of ketones is 1. The SMILES string of the molecule is COc1ccc(C(=O)[C@@H](OC(=O)c2cc([N+](=O)[O-])cc([N+](=O)[O-])c2C)c2ccccc2)cc1. The van der Waals surface area contributed by atoms with E-state index in [1.807, 2.05) is 0 Å². The van der Waals surface area contributed by atoms with Gasteiger partial charge in [0.25, 0.3) is 11.4 Å². The van der Waals surface area contributed by atoms with Crippen LogP contribution in [0.1, 0.15) is 37.9 Å². The summed E-state index contributed by atoms with van der Waals surface area (Å²) in [6.07, 6.45) is -1.38. The lowest BCUT2D eigenvalue weighted by molar-refractivity contribution is -0.394. The molecule has 10 heteroatoms. The Morgan fingerprint density at radius 1 is 0.909 bits per heavy atom. The van der Waals surface area contributed by atoms with E-state index >= 15 is 0 Å². The predicted molar refractivity (Wildman–Crippen MR) is 116 cm³/mol. The largest absolute Gasteiger partial charge is 0.497 e. The van der Waals surface area contributed by atoms with E-state index in [1.54, 1.807) is 42.5 Å². The number of carbonyl (C=O) groups excluding carboxylic acids is 2. The third kappa shape index (κ3) is 5.01. The molecule has 0 fully saturated rings. The first-order valence-electron chi connectivity index (χ1n) is 9.60. The fourth-order valence-electron chi connectivity index (χ4n) is 3.17. The maximum absolute atomic E-state index is 13.2. The van der Waals surface area contributed by atoms with Crippen molar-refractivity contribution in [1.82, 2.24) is 0 Å². The standard InChI is InChI=1S/C23H18N2O8/c1-14-19(12-17(24(28)29)13-20(14)25(30)31)23(27)33-22(16-6-4-3-5-7-16)21(26)15-8-10-18(32-2)11-9-15/h3-13,22H,1-2H3/t22-/m0/s1. The van der Waals surface area contributed by atoms with Gasteiger partial charge in [-0.25, -0.2) is 4.79 Å². The van der Waals surface area contributed by atoms with E-state index < -0.39 is 39.1 Å². The molecule has 0 radical (unpaired) electrons. The molecule has 0 bridgehead atoms. The summed E-state index contributed by atoms with van der Waals surface area (Å²) < 4.78 is 10.6. The number of rotatable bonds is 8. The smallest absolute Gasteiger partial charge is 0.339 e. The molecule has 0 aliphatic heterocycles. The van der Waals surface area contributed by atoms with Gasteiger partial charge in [-0.15, -0.1) is 0 Å². The average Bonchev–Trinajstić information content (AvgIpc) is 2.82. The van der Waals surface area contributed by atoms with E-state index in [2.05, 4.69) is 0 Å². The Kier molecular flexibility index (Phi) is 6.77. The number of Topliss-reactive ketones (excluding diaryl/α,β-unsaturated/α-hetero) is 1. The lowest BCUT2D eigenvalue weighted by atomic mass is 9.99. The number of hydrogen-bond donors (Lipinski definition) is 0. The van der Waals surface area contributed by atoms with Crippen LogP contribution in [0.5, 0.6) is 5.75 Å². The molecule has 3 aromatic carbocycles. The van der Waals surface area contributed by atoms with Gasteiger partial charge in [0.1, 0.15) is 5.75 Å². The summed E-state index contributed by atoms with van der Waals surface area (Å²) >= 11 is 0. The van der Waals surface area contributed by atoms with Crippen molar-refractivity contribution in [2.45, 2.75) is 13.0 Å². The van der Waals surface area contributed by atoms with Crippen LogP contribution < -0.4 is 4.74 Å². The fraction of sp³-hybridized carbons (Fsp3) is 0.130. The van der Waals surface area contributed by atoms with Gasteiger partial charge in [0.2, 0.25) is 5.78 Å². The van der Waals surface area contributed by atoms with Crippen molar-refractivity contribution < 1.29 is 28.9 Å². The van der Waals surface area contributed by atoms with Crippen LogP contribution in [0.25, 0.3) is 0 Å². The lowest BCUT2D eigenvalue weighted by Gasteiger charge is -2.18. The van der Waals surface area contributed by atoms with Crippen LogP contribution in [0.2, 0.25) is 0 Å². The zero-order valence-corrected chi connectivity index (χ0v) is 17.6. The van der Waals surface area contributed by atoms with Gasteiger partial charge >= 0.3 is 5.97 Å². The topological polar surface area (TPSA) is 139 Å². The molecule has 0 saturated heterocycles. The van der Waals surface area contributed by atoms with Crippen molar-refractivity contribution in [3.63, 3.8) is 0 Å². The van der Waals surface area contributed by atoms with E-state index in [1.165, 1.54) is 26.2 Å². The molecule has 3 rings (SSSR count). The van der Waals surface area contributed by atoms with Crippen LogP contribution >= 0.6 is 0 Å². The second-order valence-electron chi connectivity index (χ2n) is 6.94. The molecule has 0 saturated carbocycles. The Morgan fingerprint density at radius 2 is 1.55 bits per heavy atom. The molecule has 168 valence electrons. The fourth-order valence-corrected chi connectivity index (χ4v) is 3.17. The average molecular weight is 450 g/mol. The van der Waals surface area contributed by atoms with Gasteiger partial charge < -0.3 is 9.47 Å². The number of ether oxygens (including phenoxy) is 2. The Balaban J connectivity index is 2.03. The van der Waals surface area contributed by atoms with Crippen LogP contribution in [-0.2, 0) is 4.74 Å². The van der Waals surface area contributed by atoms with Crippen LogP contribution in [0, 0.1) is 27.2 Å². The third-order valence-corrected chi connectivity index (χ3v) is 4.93. The number of methoxy groups -OCH3 is 1. The number of benzene rings is 3. The van der Waals surface area contributed by atoms with Crippen molar-refractivity contribution in [1.29, 1.82) is 0 Å². The van der Waals surface area contributed by atoms with Gasteiger partial charge in [0, 0.05) is 22.8 Å². The minimum Gasteiger partial charge on any atom is -0.497 e. The van der Waals surface area contributed by atoms with Gasteiger partial charge in [-0.2, -0.15) is 0 Å². The van der Waals surface area contributed by atoms with Gasteiger partial charge in [-0.3, -0.25) is 25.0 Å². The number of nitro groups is 2. The molecule has 0 amide bonds. The molecule has 0 spiro atoms. The number of nitro benzene ring substituents is 2. The van der Waals surface area contributed by atoms with Crippen LogP contribution in [0.4, 0.5) is 11.4 Å². The maximum atomic E-state index is 13.2. The van der Waals surface area contributed by atoms with Gasteiger partial charge in [0.15, 0.2) is 6.10 Å². The highest BCUT2D eigenvalue weighted by Crippen LogP contribution is 2.31. The van der Waals surface area contributed by atoms with Crippen molar-refractivity contribution in [2.24, 2.45) is 0 Å². The summed E-state index contributed by atoms with van der Waals surface area (Å²) in [6.45, 7) is 1.28. The summed E-state index contributed by atoms with van der Waals surface area (Å²) in [5, 5.41) is 22.5. The normalized spacial score (nSPS) is 11.3. The molecule has 33 heavy (non-hydrogen) atoms. The Bertz CT molecular complexity index is 1220. The van der Waals surface area contributed by atoms with Crippen LogP contribution in [0.15, 0.2) is 66.7 Å². The predicted octanol–water partition coefficient (Wildman–Crippen LogP) is 4.60. The molecule has 0 heterocycles. The molecule has 10 nitrogen and oxygen atoms in total. The van der Waals surface area contributed by atoms with Crippen LogP contribution in [-0.4, -0.2) is 28.7 Å². The minimum atomic E-state index is -1.38. The minimum absolute atomic E-state index is 0.112. The Hall–Kier alpha value is -4.60. The first-order chi connectivity index (χ1) is 15.7. The zero-order chi connectivity index (χ0) is 24.1. The van der Waals surface area contributed by atoms with Crippen molar-refractivity contribution in [2.75, 3.05) is 7.11 Å². The van der Waals surface area contributed by atoms with Gasteiger partial charge in [0.05, 0.1) is 28.6 Å². The molecule has 0 unspecified atom stereocenters. The van der Waals surface area contributed by atoms with Crippen LogP contribution in [0.3, 0.4) is 0 Å². The second-order valence-corrected chi connectivity index (χ2v) is 6.94. The highest BCUT2D eigenvalue weighted by molar-refractivity contribution is 6.02. The summed E-state index contributed by atoms with van der Waals surface area (Å²) in [6, 6.07) is 16.0. The van der Waals surface area contributed by atoms with Crippen molar-refractivity contribution in [3.8, 4) is 5.75 Å². The molecule has 3 aromatic rings. The van der Waals surface area contributed by atoms with Gasteiger partial charge in [-0.1, -0.05) is 30.3 Å². The number of carbonyl (C=O) groups is 2. The highest BCUT2D eigenvalue weighted by atomic mass is 16.6. The number of hydrogen-bond acceptors (Lipinski definition) is 8. The molecular formula is C23H18N2O8. The first kappa shape index (κ1) is 23.1. The molecular weight excluding hydrogens is 432 g/mol. The van der Waals surface area contributed by atoms with Crippen molar-refractivity contribution in [3.05, 3.63) is 109 Å². The maximum Gasteiger partial charge on any atom is 0.339 e. The molecule has 0 aliphatic carbocycles. The van der Waals surface area contributed by atoms with Gasteiger partial charge in [-0.05, 0) is 31.2 Å². The zero-order valence-electron chi connectivity index (χ0n) is 17.6. The quantitative estimate of drug-likeness (QED) is 0.210. The summed E-state index contributed by atoms with van der Waals surface area (Å²) in [7, 11) is 1.48. The third-order valence-electron chi connectivity index (χ3n) is 4.93. The molecule has 0 aliphatic rings. The monoisotopic (exact) mass is 450 g/mol. The second kappa shape index (κ2) is 9.69. The number of esters is 1. The highest BCUT2D eigenvalue weighted by Gasteiger charge is 2.30. The molecule has 1 atom stereocenters. The van der Waals surface area contributed by atoms with E-state index in [0.29, 0.717) is 11.3 Å². The van der Waals surface area contributed by atoms with Crippen molar-refractivity contribution >= 4 is 23.1 Å². The summed E-state index contributed by atoms with van der Waals surface area (Å²) in [5.41, 5.74) is -1.13. The van der Waals surface area contributed by atoms with E-state index in [4.69, 9.17) is 9.47 Å². The van der Waals surface area contributed by atoms with E-state index in [-0.39, 0.29) is 16.7 Å². The Labute approximate surface area is 187 Å². The molecule has 0 aromatic heterocycles. The molecule has 0 N–H and O–H groups in total. The Morgan fingerprint density at radius 3 is 2.09 bits per heavy atom.